The molecular formula is C20H21FN2O3. The van der Waals surface area contributed by atoms with Gasteiger partial charge in [-0.1, -0.05) is 6.07 Å². The third-order valence-electron chi connectivity index (χ3n) is 4.86. The Morgan fingerprint density at radius 3 is 2.58 bits per heavy atom. The Morgan fingerprint density at radius 2 is 1.81 bits per heavy atom. The smallest absolute Gasteiger partial charge is 0.231 e. The maximum Gasteiger partial charge on any atom is 0.231 e. The van der Waals surface area contributed by atoms with Crippen molar-refractivity contribution in [1.82, 2.24) is 4.90 Å². The van der Waals surface area contributed by atoms with Gasteiger partial charge in [0.15, 0.2) is 11.5 Å². The SMILES string of the molecule is O=C(Cc1ccc2c(c1)OCO2)N1CCC(Nc2ccc(F)cc2)CC1. The number of hydrogen-bond donors (Lipinski definition) is 1. The van der Waals surface area contributed by atoms with E-state index in [0.717, 1.165) is 42.9 Å². The maximum atomic E-state index is 13.0. The zero-order valence-corrected chi connectivity index (χ0v) is 14.4. The molecule has 136 valence electrons. The highest BCUT2D eigenvalue weighted by Gasteiger charge is 2.23. The molecule has 0 unspecified atom stereocenters. The number of anilines is 1. The number of nitrogens with one attached hydrogen (secondary N) is 1. The van der Waals surface area contributed by atoms with Gasteiger partial charge in [0, 0.05) is 24.8 Å². The van der Waals surface area contributed by atoms with Crippen LogP contribution in [0.5, 0.6) is 11.5 Å². The fraction of sp³-hybridized carbons (Fsp3) is 0.350. The van der Waals surface area contributed by atoms with E-state index in [1.165, 1.54) is 12.1 Å². The van der Waals surface area contributed by atoms with Crippen molar-refractivity contribution in [3.63, 3.8) is 0 Å². The Bertz CT molecular complexity index is 786. The molecule has 0 atom stereocenters. The monoisotopic (exact) mass is 356 g/mol. The van der Waals surface area contributed by atoms with Gasteiger partial charge in [-0.05, 0) is 54.8 Å². The lowest BCUT2D eigenvalue weighted by molar-refractivity contribution is -0.131. The van der Waals surface area contributed by atoms with E-state index in [-0.39, 0.29) is 18.5 Å². The van der Waals surface area contributed by atoms with Crippen molar-refractivity contribution in [3.05, 3.63) is 53.8 Å². The Balaban J connectivity index is 1.28. The number of likely N-dealkylation sites (tertiary alicyclic amines) is 1. The van der Waals surface area contributed by atoms with E-state index in [1.54, 1.807) is 12.1 Å². The van der Waals surface area contributed by atoms with Gasteiger partial charge in [0.1, 0.15) is 5.82 Å². The first kappa shape index (κ1) is 16.7. The zero-order chi connectivity index (χ0) is 17.9. The molecule has 2 aliphatic rings. The number of piperidine rings is 1. The number of benzene rings is 2. The molecule has 0 aromatic heterocycles. The van der Waals surface area contributed by atoms with Crippen LogP contribution in [-0.4, -0.2) is 36.7 Å². The van der Waals surface area contributed by atoms with Crippen molar-refractivity contribution < 1.29 is 18.7 Å². The number of carbonyl (C=O) groups excluding carboxylic acids is 1. The fourth-order valence-electron chi connectivity index (χ4n) is 3.39. The Kier molecular flexibility index (Phi) is 4.65. The van der Waals surface area contributed by atoms with Crippen molar-refractivity contribution >= 4 is 11.6 Å². The summed E-state index contributed by atoms with van der Waals surface area (Å²) in [5.74, 6) is 1.33. The van der Waals surface area contributed by atoms with Crippen LogP contribution in [0.4, 0.5) is 10.1 Å². The highest BCUT2D eigenvalue weighted by molar-refractivity contribution is 5.79. The first-order valence-electron chi connectivity index (χ1n) is 8.86. The third kappa shape index (κ3) is 3.74. The summed E-state index contributed by atoms with van der Waals surface area (Å²) < 4.78 is 23.6. The van der Waals surface area contributed by atoms with Gasteiger partial charge >= 0.3 is 0 Å². The Hall–Kier alpha value is -2.76. The minimum atomic E-state index is -0.237. The average Bonchev–Trinajstić information content (AvgIpc) is 3.12. The minimum Gasteiger partial charge on any atom is -0.454 e. The summed E-state index contributed by atoms with van der Waals surface area (Å²) in [6.07, 6.45) is 2.13. The van der Waals surface area contributed by atoms with Crippen LogP contribution in [0.15, 0.2) is 42.5 Å². The molecule has 2 heterocycles. The Labute approximate surface area is 151 Å². The number of nitrogens with zero attached hydrogens (tertiary/aromatic N) is 1. The van der Waals surface area contributed by atoms with E-state index < -0.39 is 0 Å². The van der Waals surface area contributed by atoms with Gasteiger partial charge in [-0.25, -0.2) is 4.39 Å². The number of hydrogen-bond acceptors (Lipinski definition) is 4. The second-order valence-electron chi connectivity index (χ2n) is 6.67. The predicted octanol–water partition coefficient (Wildman–Crippen LogP) is 3.20. The lowest BCUT2D eigenvalue weighted by Gasteiger charge is -2.33. The number of fused-ring (bicyclic) bond motifs is 1. The van der Waals surface area contributed by atoms with Gasteiger partial charge in [-0.2, -0.15) is 0 Å². The Morgan fingerprint density at radius 1 is 1.08 bits per heavy atom. The van der Waals surface area contributed by atoms with E-state index in [4.69, 9.17) is 9.47 Å². The number of amides is 1. The topological polar surface area (TPSA) is 50.8 Å². The molecule has 0 aliphatic carbocycles. The van der Waals surface area contributed by atoms with Crippen LogP contribution in [0.3, 0.4) is 0 Å². The largest absolute Gasteiger partial charge is 0.454 e. The molecule has 0 radical (unpaired) electrons. The van der Waals surface area contributed by atoms with Crippen LogP contribution in [0, 0.1) is 5.82 Å². The molecule has 0 spiro atoms. The van der Waals surface area contributed by atoms with Crippen molar-refractivity contribution in [2.75, 3.05) is 25.2 Å². The van der Waals surface area contributed by atoms with E-state index in [2.05, 4.69) is 5.32 Å². The predicted molar refractivity (Wildman–Crippen MR) is 95.9 cm³/mol. The zero-order valence-electron chi connectivity index (χ0n) is 14.4. The molecule has 2 aromatic carbocycles. The summed E-state index contributed by atoms with van der Waals surface area (Å²) >= 11 is 0. The summed E-state index contributed by atoms with van der Waals surface area (Å²) in [6.45, 7) is 1.69. The van der Waals surface area contributed by atoms with Crippen LogP contribution in [0.1, 0.15) is 18.4 Å². The molecule has 1 N–H and O–H groups in total. The van der Waals surface area contributed by atoms with Crippen molar-refractivity contribution in [3.8, 4) is 11.5 Å². The molecule has 2 aromatic rings. The summed E-state index contributed by atoms with van der Waals surface area (Å²) in [5.41, 5.74) is 1.85. The van der Waals surface area contributed by atoms with E-state index in [1.807, 2.05) is 23.1 Å². The molecule has 1 amide bonds. The van der Waals surface area contributed by atoms with Crippen LogP contribution in [-0.2, 0) is 11.2 Å². The number of carbonyl (C=O) groups is 1. The van der Waals surface area contributed by atoms with Crippen molar-refractivity contribution in [1.29, 1.82) is 0 Å². The van der Waals surface area contributed by atoms with Gasteiger partial charge in [-0.3, -0.25) is 4.79 Å². The molecule has 26 heavy (non-hydrogen) atoms. The van der Waals surface area contributed by atoms with Gasteiger partial charge in [0.05, 0.1) is 6.42 Å². The quantitative estimate of drug-likeness (QED) is 0.914. The molecule has 5 nitrogen and oxygen atoms in total. The number of rotatable bonds is 4. The van der Waals surface area contributed by atoms with Gasteiger partial charge in [0.2, 0.25) is 12.7 Å². The van der Waals surface area contributed by atoms with Crippen molar-refractivity contribution in [2.45, 2.75) is 25.3 Å². The van der Waals surface area contributed by atoms with Crippen LogP contribution in [0.25, 0.3) is 0 Å². The highest BCUT2D eigenvalue weighted by atomic mass is 19.1. The first-order valence-corrected chi connectivity index (χ1v) is 8.86. The van der Waals surface area contributed by atoms with Gasteiger partial charge < -0.3 is 19.7 Å². The standard InChI is InChI=1S/C20H21FN2O3/c21-15-2-4-16(5-3-15)22-17-7-9-23(10-8-17)20(24)12-14-1-6-18-19(11-14)26-13-25-18/h1-6,11,17,22H,7-10,12-13H2. The van der Waals surface area contributed by atoms with E-state index >= 15 is 0 Å². The first-order chi connectivity index (χ1) is 12.7. The average molecular weight is 356 g/mol. The second kappa shape index (κ2) is 7.23. The fourth-order valence-corrected chi connectivity index (χ4v) is 3.39. The number of halogens is 1. The normalized spacial score (nSPS) is 16.6. The number of ether oxygens (including phenoxy) is 2. The molecule has 0 bridgehead atoms. The lowest BCUT2D eigenvalue weighted by Crippen LogP contribution is -2.43. The van der Waals surface area contributed by atoms with E-state index in [0.29, 0.717) is 18.2 Å². The highest BCUT2D eigenvalue weighted by Crippen LogP contribution is 2.32. The van der Waals surface area contributed by atoms with Crippen LogP contribution in [0.2, 0.25) is 0 Å². The summed E-state index contributed by atoms with van der Waals surface area (Å²) in [4.78, 5) is 14.5. The van der Waals surface area contributed by atoms with Gasteiger partial charge in [0.25, 0.3) is 0 Å². The summed E-state index contributed by atoms with van der Waals surface area (Å²) in [7, 11) is 0. The van der Waals surface area contributed by atoms with Crippen molar-refractivity contribution in [2.24, 2.45) is 0 Å². The van der Waals surface area contributed by atoms with Gasteiger partial charge in [-0.15, -0.1) is 0 Å². The van der Waals surface area contributed by atoms with Crippen LogP contribution < -0.4 is 14.8 Å². The minimum absolute atomic E-state index is 0.129. The maximum absolute atomic E-state index is 13.0. The molecule has 2 aliphatic heterocycles. The molecule has 1 fully saturated rings. The molecular weight excluding hydrogens is 335 g/mol. The summed E-state index contributed by atoms with van der Waals surface area (Å²) in [6, 6.07) is 12.3. The summed E-state index contributed by atoms with van der Waals surface area (Å²) in [5, 5.41) is 3.41. The molecule has 0 saturated carbocycles. The lowest BCUT2D eigenvalue weighted by atomic mass is 10.0. The molecule has 1 saturated heterocycles. The van der Waals surface area contributed by atoms with Crippen LogP contribution >= 0.6 is 0 Å². The molecule has 6 heteroatoms. The van der Waals surface area contributed by atoms with E-state index in [9.17, 15) is 9.18 Å². The molecule has 4 rings (SSSR count). The third-order valence-corrected chi connectivity index (χ3v) is 4.86. The second-order valence-corrected chi connectivity index (χ2v) is 6.67.